The third kappa shape index (κ3) is 2.91. The number of likely N-dealkylation sites (tertiary alicyclic amines) is 1. The maximum Gasteiger partial charge on any atom is 0.331 e. The highest BCUT2D eigenvalue weighted by molar-refractivity contribution is 6.07. The average Bonchev–Trinajstić information content (AvgIpc) is 2.76. The van der Waals surface area contributed by atoms with Crippen LogP contribution in [0.5, 0.6) is 5.75 Å². The lowest BCUT2D eigenvalue weighted by atomic mass is 9.85. The second-order valence-corrected chi connectivity index (χ2v) is 6.14. The van der Waals surface area contributed by atoms with Crippen molar-refractivity contribution in [2.45, 2.75) is 26.7 Å². The van der Waals surface area contributed by atoms with Crippen molar-refractivity contribution in [3.63, 3.8) is 0 Å². The second-order valence-electron chi connectivity index (χ2n) is 6.14. The molecule has 0 spiro atoms. The van der Waals surface area contributed by atoms with Crippen LogP contribution in [0.2, 0.25) is 0 Å². The fourth-order valence-electron chi connectivity index (χ4n) is 3.10. The molecular weight excluding hydrogens is 294 g/mol. The van der Waals surface area contributed by atoms with E-state index in [1.165, 1.54) is 0 Å². The van der Waals surface area contributed by atoms with E-state index in [2.05, 4.69) is 0 Å². The molecule has 1 fully saturated rings. The summed E-state index contributed by atoms with van der Waals surface area (Å²) in [5.41, 5.74) is 2.12. The zero-order chi connectivity index (χ0) is 16.6. The van der Waals surface area contributed by atoms with Gasteiger partial charge in [0.15, 0.2) is 0 Å². The molecule has 1 aliphatic carbocycles. The molecule has 0 saturated carbocycles. The Labute approximate surface area is 134 Å². The molecule has 1 aromatic carbocycles. The van der Waals surface area contributed by atoms with E-state index in [4.69, 9.17) is 4.74 Å². The molecule has 0 unspecified atom stereocenters. The van der Waals surface area contributed by atoms with Crippen LogP contribution in [0.25, 0.3) is 0 Å². The lowest BCUT2D eigenvalue weighted by molar-refractivity contribution is -0.148. The summed E-state index contributed by atoms with van der Waals surface area (Å²) >= 11 is 0. The van der Waals surface area contributed by atoms with E-state index < -0.39 is 5.97 Å². The Morgan fingerprint density at radius 2 is 1.70 bits per heavy atom. The van der Waals surface area contributed by atoms with E-state index in [1.54, 1.807) is 12.1 Å². The molecule has 1 saturated heterocycles. The van der Waals surface area contributed by atoms with Crippen molar-refractivity contribution >= 4 is 17.8 Å². The van der Waals surface area contributed by atoms with Crippen molar-refractivity contribution in [1.29, 1.82) is 0 Å². The van der Waals surface area contributed by atoms with Crippen LogP contribution in [-0.4, -0.2) is 29.2 Å². The summed E-state index contributed by atoms with van der Waals surface area (Å²) in [6.07, 6.45) is 4.97. The Bertz CT molecular complexity index is 681. The van der Waals surface area contributed by atoms with Gasteiger partial charge in [0.25, 0.3) is 0 Å². The van der Waals surface area contributed by atoms with Gasteiger partial charge in [-0.25, -0.2) is 4.79 Å². The monoisotopic (exact) mass is 313 g/mol. The summed E-state index contributed by atoms with van der Waals surface area (Å²) in [5, 5.41) is 0. The number of rotatable bonds is 3. The standard InChI is InChI=1S/C18H19NO4/c1-11-7-8-13(9-12(11)2)23-16(20)10-19-17(21)14-5-3-4-6-15(14)18(19)22/h3-4,7-9,14-15H,5-6,10H2,1-2H3/t14-,15-/m1/s1. The number of imide groups is 1. The third-order valence-corrected chi connectivity index (χ3v) is 4.60. The normalized spacial score (nSPS) is 23.1. The van der Waals surface area contributed by atoms with Crippen LogP contribution >= 0.6 is 0 Å². The van der Waals surface area contributed by atoms with Gasteiger partial charge >= 0.3 is 5.97 Å². The van der Waals surface area contributed by atoms with Crippen LogP contribution < -0.4 is 4.74 Å². The van der Waals surface area contributed by atoms with Crippen molar-refractivity contribution in [3.8, 4) is 5.75 Å². The van der Waals surface area contributed by atoms with Crippen LogP contribution in [0.4, 0.5) is 0 Å². The Kier molecular flexibility index (Phi) is 4.03. The Morgan fingerprint density at radius 1 is 1.09 bits per heavy atom. The van der Waals surface area contributed by atoms with Gasteiger partial charge in [0.1, 0.15) is 12.3 Å². The lowest BCUT2D eigenvalue weighted by Gasteiger charge is -2.14. The van der Waals surface area contributed by atoms with Crippen LogP contribution in [0, 0.1) is 25.7 Å². The largest absolute Gasteiger partial charge is 0.425 e. The van der Waals surface area contributed by atoms with Crippen molar-refractivity contribution in [2.24, 2.45) is 11.8 Å². The highest BCUT2D eigenvalue weighted by Gasteiger charge is 2.47. The van der Waals surface area contributed by atoms with E-state index in [-0.39, 0.29) is 30.2 Å². The first-order valence-corrected chi connectivity index (χ1v) is 7.75. The number of nitrogens with zero attached hydrogens (tertiary/aromatic N) is 1. The molecule has 0 radical (unpaired) electrons. The van der Waals surface area contributed by atoms with Gasteiger partial charge in [0.2, 0.25) is 11.8 Å². The summed E-state index contributed by atoms with van der Waals surface area (Å²) < 4.78 is 5.26. The first-order chi connectivity index (χ1) is 11.0. The second kappa shape index (κ2) is 5.99. The predicted octanol–water partition coefficient (Wildman–Crippen LogP) is 2.16. The number of amides is 2. The molecule has 23 heavy (non-hydrogen) atoms. The minimum atomic E-state index is -0.596. The van der Waals surface area contributed by atoms with Gasteiger partial charge in [-0.3, -0.25) is 14.5 Å². The molecule has 0 N–H and O–H groups in total. The molecule has 0 bridgehead atoms. The average molecular weight is 313 g/mol. The summed E-state index contributed by atoms with van der Waals surface area (Å²) in [5.74, 6) is -1.33. The Morgan fingerprint density at radius 3 is 2.26 bits per heavy atom. The van der Waals surface area contributed by atoms with Gasteiger partial charge in [-0.2, -0.15) is 0 Å². The summed E-state index contributed by atoms with van der Waals surface area (Å²) in [4.78, 5) is 37.7. The molecule has 0 aromatic heterocycles. The SMILES string of the molecule is Cc1ccc(OC(=O)CN2C(=O)[C@@H]3CC=CC[C@H]3C2=O)cc1C. The first-order valence-electron chi connectivity index (χ1n) is 7.75. The molecule has 2 aliphatic rings. The zero-order valence-corrected chi connectivity index (χ0v) is 13.2. The summed E-state index contributed by atoms with van der Waals surface area (Å²) in [6.45, 7) is 3.58. The van der Waals surface area contributed by atoms with Crippen molar-refractivity contribution in [2.75, 3.05) is 6.54 Å². The smallest absolute Gasteiger partial charge is 0.331 e. The highest BCUT2D eigenvalue weighted by atomic mass is 16.5. The number of hydrogen-bond donors (Lipinski definition) is 0. The molecule has 5 heteroatoms. The van der Waals surface area contributed by atoms with Crippen molar-refractivity contribution in [1.82, 2.24) is 4.90 Å². The van der Waals surface area contributed by atoms with Crippen LogP contribution in [0.15, 0.2) is 30.4 Å². The van der Waals surface area contributed by atoms with E-state index in [0.29, 0.717) is 18.6 Å². The summed E-state index contributed by atoms with van der Waals surface area (Å²) in [7, 11) is 0. The van der Waals surface area contributed by atoms with Gasteiger partial charge < -0.3 is 4.74 Å². The maximum atomic E-state index is 12.3. The first kappa shape index (κ1) is 15.5. The molecular formula is C18H19NO4. The molecule has 5 nitrogen and oxygen atoms in total. The third-order valence-electron chi connectivity index (χ3n) is 4.60. The highest BCUT2D eigenvalue weighted by Crippen LogP contribution is 2.34. The molecule has 3 rings (SSSR count). The van der Waals surface area contributed by atoms with Gasteiger partial charge in [-0.15, -0.1) is 0 Å². The molecule has 1 aromatic rings. The predicted molar refractivity (Wildman–Crippen MR) is 83.6 cm³/mol. The number of fused-ring (bicyclic) bond motifs is 1. The fraction of sp³-hybridized carbons (Fsp3) is 0.389. The zero-order valence-electron chi connectivity index (χ0n) is 13.2. The van der Waals surface area contributed by atoms with Gasteiger partial charge in [-0.05, 0) is 49.9 Å². The van der Waals surface area contributed by atoms with E-state index in [1.807, 2.05) is 32.1 Å². The van der Waals surface area contributed by atoms with Crippen molar-refractivity contribution in [3.05, 3.63) is 41.5 Å². The Balaban J connectivity index is 1.67. The Hall–Kier alpha value is -2.43. The molecule has 2 amide bonds. The number of benzene rings is 1. The number of hydrogen-bond acceptors (Lipinski definition) is 4. The molecule has 1 aliphatic heterocycles. The topological polar surface area (TPSA) is 63.7 Å². The maximum absolute atomic E-state index is 12.3. The van der Waals surface area contributed by atoms with Crippen molar-refractivity contribution < 1.29 is 19.1 Å². The quantitative estimate of drug-likeness (QED) is 0.371. The van der Waals surface area contributed by atoms with E-state index in [9.17, 15) is 14.4 Å². The number of esters is 1. The number of carbonyl (C=O) groups is 3. The van der Waals surface area contributed by atoms with E-state index >= 15 is 0 Å². The number of allylic oxidation sites excluding steroid dienone is 2. The summed E-state index contributed by atoms with van der Waals surface area (Å²) in [6, 6.07) is 5.34. The van der Waals surface area contributed by atoms with Gasteiger partial charge in [0.05, 0.1) is 11.8 Å². The number of carbonyl (C=O) groups excluding carboxylic acids is 3. The number of aryl methyl sites for hydroxylation is 2. The lowest BCUT2D eigenvalue weighted by Crippen LogP contribution is -2.37. The van der Waals surface area contributed by atoms with Gasteiger partial charge in [-0.1, -0.05) is 18.2 Å². The van der Waals surface area contributed by atoms with Crippen LogP contribution in [-0.2, 0) is 14.4 Å². The molecule has 1 heterocycles. The molecule has 120 valence electrons. The van der Waals surface area contributed by atoms with Crippen LogP contribution in [0.3, 0.4) is 0 Å². The molecule has 2 atom stereocenters. The van der Waals surface area contributed by atoms with E-state index in [0.717, 1.165) is 16.0 Å². The van der Waals surface area contributed by atoms with Crippen LogP contribution in [0.1, 0.15) is 24.0 Å². The minimum absolute atomic E-state index is 0.263. The van der Waals surface area contributed by atoms with Gasteiger partial charge in [0, 0.05) is 0 Å². The fourth-order valence-corrected chi connectivity index (χ4v) is 3.10. The number of ether oxygens (including phenoxy) is 1. The minimum Gasteiger partial charge on any atom is -0.425 e.